The van der Waals surface area contributed by atoms with Crippen LogP contribution in [0.5, 0.6) is 0 Å². The Bertz CT molecular complexity index is 200. The van der Waals surface area contributed by atoms with Crippen LogP contribution >= 0.6 is 0 Å². The molecule has 0 atom stereocenters. The number of rotatable bonds is 0. The SMILES string of the molecule is COC(=O)/N=C(\N)NC(N)=O. The van der Waals surface area contributed by atoms with E-state index in [1.54, 1.807) is 0 Å². The molecule has 0 fully saturated rings. The number of primary amides is 1. The lowest BCUT2D eigenvalue weighted by molar-refractivity contribution is 0.182. The number of ether oxygens (including phenoxy) is 1. The van der Waals surface area contributed by atoms with E-state index in [1.807, 2.05) is 5.32 Å². The molecule has 0 aliphatic carbocycles. The molecule has 62 valence electrons. The zero-order valence-corrected chi connectivity index (χ0v) is 5.83. The van der Waals surface area contributed by atoms with Gasteiger partial charge in [0.2, 0.25) is 5.96 Å². The first kappa shape index (κ1) is 9.21. The zero-order valence-electron chi connectivity index (χ0n) is 5.83. The first-order valence-electron chi connectivity index (χ1n) is 2.55. The van der Waals surface area contributed by atoms with E-state index in [2.05, 4.69) is 15.5 Å². The molecule has 11 heavy (non-hydrogen) atoms. The van der Waals surface area contributed by atoms with Crippen molar-refractivity contribution in [2.45, 2.75) is 0 Å². The Hall–Kier alpha value is -1.79. The Kier molecular flexibility index (Phi) is 3.43. The fourth-order valence-corrected chi connectivity index (χ4v) is 0.298. The molecule has 5 N–H and O–H groups in total. The predicted octanol–water partition coefficient (Wildman–Crippen LogP) is -1.26. The quantitative estimate of drug-likeness (QED) is 0.302. The van der Waals surface area contributed by atoms with Crippen LogP contribution in [-0.2, 0) is 4.74 Å². The summed E-state index contributed by atoms with van der Waals surface area (Å²) in [5, 5.41) is 1.87. The topological polar surface area (TPSA) is 120 Å². The summed E-state index contributed by atoms with van der Waals surface area (Å²) in [5.41, 5.74) is 9.64. The lowest BCUT2D eigenvalue weighted by Crippen LogP contribution is -2.40. The highest BCUT2D eigenvalue weighted by atomic mass is 16.5. The van der Waals surface area contributed by atoms with Gasteiger partial charge in [0, 0.05) is 0 Å². The molecule has 7 heteroatoms. The minimum Gasteiger partial charge on any atom is -0.451 e. The van der Waals surface area contributed by atoms with Crippen molar-refractivity contribution in [3.63, 3.8) is 0 Å². The summed E-state index contributed by atoms with van der Waals surface area (Å²) in [6, 6.07) is -0.893. The Balaban J connectivity index is 4.00. The molecule has 3 amide bonds. The number of nitrogens with two attached hydrogens (primary N) is 2. The largest absolute Gasteiger partial charge is 0.451 e. The van der Waals surface area contributed by atoms with Crippen LogP contribution in [0.3, 0.4) is 0 Å². The van der Waals surface area contributed by atoms with Crippen LogP contribution in [0, 0.1) is 0 Å². The van der Waals surface area contributed by atoms with Crippen LogP contribution in [0.2, 0.25) is 0 Å². The third-order valence-electron chi connectivity index (χ3n) is 0.638. The first-order chi connectivity index (χ1) is 5.06. The van der Waals surface area contributed by atoms with Crippen molar-refractivity contribution in [2.24, 2.45) is 16.5 Å². The number of methoxy groups -OCH3 is 1. The van der Waals surface area contributed by atoms with Gasteiger partial charge in [-0.05, 0) is 0 Å². The molecule has 0 aromatic carbocycles. The van der Waals surface area contributed by atoms with Crippen LogP contribution in [0.25, 0.3) is 0 Å². The molecule has 0 radical (unpaired) electrons. The average molecular weight is 160 g/mol. The van der Waals surface area contributed by atoms with Gasteiger partial charge in [0.1, 0.15) is 0 Å². The van der Waals surface area contributed by atoms with Crippen LogP contribution in [0.1, 0.15) is 0 Å². The van der Waals surface area contributed by atoms with Crippen LogP contribution < -0.4 is 16.8 Å². The van der Waals surface area contributed by atoms with Crippen molar-refractivity contribution in [2.75, 3.05) is 7.11 Å². The number of hydrogen-bond acceptors (Lipinski definition) is 3. The molecule has 0 rings (SSSR count). The average Bonchev–Trinajstić information content (AvgIpc) is 1.85. The summed E-state index contributed by atoms with van der Waals surface area (Å²) in [6.07, 6.45) is -0.906. The Labute approximate surface area is 62.4 Å². The van der Waals surface area contributed by atoms with Gasteiger partial charge in [-0.1, -0.05) is 0 Å². The maximum atomic E-state index is 10.3. The number of urea groups is 1. The predicted molar refractivity (Wildman–Crippen MR) is 36.7 cm³/mol. The molecule has 0 spiro atoms. The van der Waals surface area contributed by atoms with Gasteiger partial charge in [-0.3, -0.25) is 5.32 Å². The van der Waals surface area contributed by atoms with Crippen molar-refractivity contribution in [1.29, 1.82) is 0 Å². The fraction of sp³-hybridized carbons (Fsp3) is 0.250. The summed E-state index contributed by atoms with van der Waals surface area (Å²) in [5.74, 6) is -0.399. The highest BCUT2D eigenvalue weighted by molar-refractivity contribution is 5.98. The summed E-state index contributed by atoms with van der Waals surface area (Å²) in [6.45, 7) is 0. The third-order valence-corrected chi connectivity index (χ3v) is 0.638. The zero-order chi connectivity index (χ0) is 8.85. The second kappa shape index (κ2) is 4.09. The van der Waals surface area contributed by atoms with Gasteiger partial charge in [0.05, 0.1) is 7.11 Å². The van der Waals surface area contributed by atoms with E-state index in [4.69, 9.17) is 5.73 Å². The van der Waals surface area contributed by atoms with Gasteiger partial charge >= 0.3 is 12.1 Å². The number of carbonyl (C=O) groups is 2. The van der Waals surface area contributed by atoms with E-state index < -0.39 is 18.1 Å². The van der Waals surface area contributed by atoms with Gasteiger partial charge in [0.15, 0.2) is 0 Å². The fourth-order valence-electron chi connectivity index (χ4n) is 0.298. The summed E-state index contributed by atoms with van der Waals surface area (Å²) >= 11 is 0. The molecule has 0 aromatic heterocycles. The Morgan fingerprint density at radius 1 is 1.45 bits per heavy atom. The van der Waals surface area contributed by atoms with E-state index >= 15 is 0 Å². The van der Waals surface area contributed by atoms with E-state index in [0.29, 0.717) is 0 Å². The van der Waals surface area contributed by atoms with Crippen LogP contribution in [0.4, 0.5) is 9.59 Å². The van der Waals surface area contributed by atoms with Gasteiger partial charge in [0.25, 0.3) is 0 Å². The van der Waals surface area contributed by atoms with E-state index in [0.717, 1.165) is 7.11 Å². The first-order valence-corrected chi connectivity index (χ1v) is 2.55. The summed E-state index contributed by atoms with van der Waals surface area (Å²) in [7, 11) is 1.13. The second-order valence-corrected chi connectivity index (χ2v) is 1.46. The number of aliphatic imine (C=N–C) groups is 1. The molecule has 0 unspecified atom stereocenters. The monoisotopic (exact) mass is 160 g/mol. The number of carbonyl (C=O) groups excluding carboxylic acids is 2. The Morgan fingerprint density at radius 3 is 2.36 bits per heavy atom. The molecular formula is C4H8N4O3. The molecule has 0 aliphatic rings. The molecule has 0 heterocycles. The summed E-state index contributed by atoms with van der Waals surface area (Å²) in [4.78, 5) is 23.5. The smallest absolute Gasteiger partial charge is 0.436 e. The number of guanidine groups is 1. The standard InChI is InChI=1S/C4H8N4O3/c1-11-4(10)8-2(5)7-3(6)9/h1H3,(H5,5,6,7,8,9,10). The minimum atomic E-state index is -0.906. The molecule has 0 saturated carbocycles. The highest BCUT2D eigenvalue weighted by Crippen LogP contribution is 1.77. The molecule has 0 bridgehead atoms. The molecule has 7 nitrogen and oxygen atoms in total. The van der Waals surface area contributed by atoms with Crippen molar-refractivity contribution in [1.82, 2.24) is 5.32 Å². The molecule has 0 saturated heterocycles. The van der Waals surface area contributed by atoms with Crippen molar-refractivity contribution >= 4 is 18.1 Å². The van der Waals surface area contributed by atoms with E-state index in [1.165, 1.54) is 0 Å². The normalized spacial score (nSPS) is 10.5. The lowest BCUT2D eigenvalue weighted by atomic mass is 10.9. The van der Waals surface area contributed by atoms with Gasteiger partial charge in [-0.15, -0.1) is 4.99 Å². The maximum Gasteiger partial charge on any atom is 0.436 e. The number of nitrogens with one attached hydrogen (secondary N) is 1. The van der Waals surface area contributed by atoms with Crippen LogP contribution in [-0.4, -0.2) is 25.2 Å². The van der Waals surface area contributed by atoms with Gasteiger partial charge in [-0.25, -0.2) is 9.59 Å². The van der Waals surface area contributed by atoms with E-state index in [9.17, 15) is 9.59 Å². The Morgan fingerprint density at radius 2 is 2.00 bits per heavy atom. The molecule has 0 aromatic rings. The van der Waals surface area contributed by atoms with Gasteiger partial charge < -0.3 is 16.2 Å². The van der Waals surface area contributed by atoms with E-state index in [-0.39, 0.29) is 0 Å². The van der Waals surface area contributed by atoms with Crippen molar-refractivity contribution < 1.29 is 14.3 Å². The lowest BCUT2D eigenvalue weighted by Gasteiger charge is -1.97. The minimum absolute atomic E-state index is 0.399. The van der Waals surface area contributed by atoms with Crippen LogP contribution in [0.15, 0.2) is 4.99 Å². The van der Waals surface area contributed by atoms with Crippen molar-refractivity contribution in [3.05, 3.63) is 0 Å². The third kappa shape index (κ3) is 4.70. The number of nitrogens with zero attached hydrogens (tertiary/aromatic N) is 1. The number of amides is 3. The second-order valence-electron chi connectivity index (χ2n) is 1.46. The maximum absolute atomic E-state index is 10.3. The summed E-state index contributed by atoms with van der Waals surface area (Å²) < 4.78 is 4.10. The molecular weight excluding hydrogens is 152 g/mol. The number of hydrogen-bond donors (Lipinski definition) is 3. The van der Waals surface area contributed by atoms with Crippen molar-refractivity contribution in [3.8, 4) is 0 Å². The van der Waals surface area contributed by atoms with Gasteiger partial charge in [-0.2, -0.15) is 0 Å². The highest BCUT2D eigenvalue weighted by Gasteiger charge is 1.99. The molecule has 0 aliphatic heterocycles.